The number of aldehydes is 1. The fourth-order valence-corrected chi connectivity index (χ4v) is 3.14. The first-order valence-electron chi connectivity index (χ1n) is 9.65. The van der Waals surface area contributed by atoms with Crippen LogP contribution in [0.5, 0.6) is 0 Å². The molecule has 0 atom stereocenters. The highest BCUT2D eigenvalue weighted by Crippen LogP contribution is 2.27. The molecular formula is C21H31N3O4. The molecule has 1 heterocycles. The van der Waals surface area contributed by atoms with E-state index < -0.39 is 5.60 Å². The highest BCUT2D eigenvalue weighted by molar-refractivity contribution is 5.85. The molecule has 3 N–H and O–H groups in total. The Labute approximate surface area is 165 Å². The second-order valence-corrected chi connectivity index (χ2v) is 8.12. The molecule has 1 fully saturated rings. The van der Waals surface area contributed by atoms with Gasteiger partial charge in [-0.2, -0.15) is 5.10 Å². The summed E-state index contributed by atoms with van der Waals surface area (Å²) in [6.07, 6.45) is 2.53. The van der Waals surface area contributed by atoms with E-state index in [9.17, 15) is 14.7 Å². The summed E-state index contributed by atoms with van der Waals surface area (Å²) < 4.78 is 1.19. The van der Waals surface area contributed by atoms with Crippen molar-refractivity contribution in [2.75, 3.05) is 7.05 Å². The number of aliphatic hydroxyl groups is 2. The van der Waals surface area contributed by atoms with Crippen LogP contribution in [0.4, 0.5) is 0 Å². The molecule has 1 aromatic carbocycles. The zero-order valence-electron chi connectivity index (χ0n) is 17.3. The Kier molecular flexibility index (Phi) is 7.09. The first-order valence-corrected chi connectivity index (χ1v) is 9.65. The van der Waals surface area contributed by atoms with Crippen molar-refractivity contribution in [1.82, 2.24) is 15.1 Å². The molecule has 0 spiro atoms. The average molecular weight is 389 g/mol. The molecule has 1 saturated carbocycles. The third kappa shape index (κ3) is 5.04. The average Bonchev–Trinajstić information content (AvgIpc) is 2.60. The van der Waals surface area contributed by atoms with Crippen molar-refractivity contribution >= 4 is 17.1 Å². The van der Waals surface area contributed by atoms with Crippen molar-refractivity contribution in [3.8, 4) is 0 Å². The lowest BCUT2D eigenvalue weighted by Gasteiger charge is -2.30. The maximum absolute atomic E-state index is 12.3. The minimum Gasteiger partial charge on any atom is -0.393 e. The van der Waals surface area contributed by atoms with Crippen molar-refractivity contribution in [1.29, 1.82) is 0 Å². The van der Waals surface area contributed by atoms with E-state index in [0.29, 0.717) is 17.7 Å². The molecule has 7 nitrogen and oxygen atoms in total. The van der Waals surface area contributed by atoms with Gasteiger partial charge in [0.15, 0.2) is 0 Å². The van der Waals surface area contributed by atoms with E-state index in [1.54, 1.807) is 26.0 Å². The molecule has 2 aromatic rings. The summed E-state index contributed by atoms with van der Waals surface area (Å²) in [7, 11) is 1.93. The molecule has 0 saturated heterocycles. The molecule has 0 unspecified atom stereocenters. The van der Waals surface area contributed by atoms with E-state index in [1.165, 1.54) is 4.68 Å². The van der Waals surface area contributed by atoms with Gasteiger partial charge in [0.2, 0.25) is 0 Å². The highest BCUT2D eigenvalue weighted by Gasteiger charge is 2.24. The van der Waals surface area contributed by atoms with Gasteiger partial charge in [0.1, 0.15) is 12.8 Å². The van der Waals surface area contributed by atoms with Gasteiger partial charge in [-0.15, -0.1) is 0 Å². The molecule has 0 aliphatic heterocycles. The zero-order valence-corrected chi connectivity index (χ0v) is 17.3. The lowest BCUT2D eigenvalue weighted by atomic mass is 9.90. The maximum atomic E-state index is 12.3. The number of hydrogen-bond donors (Lipinski definition) is 3. The van der Waals surface area contributed by atoms with Crippen LogP contribution in [0.1, 0.15) is 57.7 Å². The van der Waals surface area contributed by atoms with Crippen molar-refractivity contribution in [2.24, 2.45) is 0 Å². The molecule has 154 valence electrons. The molecule has 1 aliphatic carbocycles. The Bertz CT molecular complexity index is 878. The fourth-order valence-electron chi connectivity index (χ4n) is 3.14. The Morgan fingerprint density at radius 2 is 1.96 bits per heavy atom. The molecule has 0 radical (unpaired) electrons. The lowest BCUT2D eigenvalue weighted by molar-refractivity contribution is -0.108. The van der Waals surface area contributed by atoms with Crippen LogP contribution in [0.2, 0.25) is 0 Å². The number of fused-ring (bicyclic) bond motifs is 1. The fraction of sp³-hybridized carbons (Fsp3) is 0.571. The van der Waals surface area contributed by atoms with Gasteiger partial charge in [0.25, 0.3) is 5.56 Å². The van der Waals surface area contributed by atoms with E-state index in [2.05, 4.69) is 10.4 Å². The molecule has 0 bridgehead atoms. The molecule has 28 heavy (non-hydrogen) atoms. The minimum atomic E-state index is -0.986. The largest absolute Gasteiger partial charge is 0.393 e. The normalized spacial score (nSPS) is 19.1. The van der Waals surface area contributed by atoms with E-state index >= 15 is 0 Å². The minimum absolute atomic E-state index is 0.0163. The van der Waals surface area contributed by atoms with Crippen molar-refractivity contribution in [3.63, 3.8) is 0 Å². The molecule has 3 rings (SSSR count). The number of aromatic nitrogens is 2. The van der Waals surface area contributed by atoms with Crippen molar-refractivity contribution in [3.05, 3.63) is 39.8 Å². The standard InChI is InChI=1S/C16H20N2O3.C5H11NO/c1-10(2)14-13-9-11(16(3,4)21)5-6-12(13)15(20)18(17-14)7-8-19;1-6-4-2-5(7)3-4/h5-6,8-10,21H,7H2,1-4H3;4-7H,2-3H2,1H3. The zero-order chi connectivity index (χ0) is 21.1. The highest BCUT2D eigenvalue weighted by atomic mass is 16.3. The monoisotopic (exact) mass is 389 g/mol. The first kappa shape index (κ1) is 22.2. The van der Waals surface area contributed by atoms with Crippen LogP contribution in [0.3, 0.4) is 0 Å². The summed E-state index contributed by atoms with van der Waals surface area (Å²) in [6, 6.07) is 5.83. The number of rotatable bonds is 5. The van der Waals surface area contributed by atoms with Gasteiger partial charge in [-0.05, 0) is 57.4 Å². The topological polar surface area (TPSA) is 104 Å². The van der Waals surface area contributed by atoms with Gasteiger partial charge in [0, 0.05) is 11.4 Å². The first-order chi connectivity index (χ1) is 13.1. The third-order valence-corrected chi connectivity index (χ3v) is 5.01. The number of hydrogen-bond acceptors (Lipinski definition) is 6. The third-order valence-electron chi connectivity index (χ3n) is 5.01. The summed E-state index contributed by atoms with van der Waals surface area (Å²) in [4.78, 5) is 23.0. The van der Waals surface area contributed by atoms with Crippen LogP contribution in [-0.2, 0) is 16.9 Å². The van der Waals surface area contributed by atoms with Gasteiger partial charge in [0.05, 0.1) is 22.8 Å². The Balaban J connectivity index is 0.000000336. The van der Waals surface area contributed by atoms with E-state index in [0.717, 1.165) is 29.5 Å². The van der Waals surface area contributed by atoms with Gasteiger partial charge in [-0.1, -0.05) is 19.9 Å². The van der Waals surface area contributed by atoms with Crippen LogP contribution in [0.25, 0.3) is 10.8 Å². The molecule has 0 amide bonds. The number of carbonyl (C=O) groups is 1. The van der Waals surface area contributed by atoms with Crippen LogP contribution in [0.15, 0.2) is 23.0 Å². The van der Waals surface area contributed by atoms with Gasteiger partial charge in [-0.25, -0.2) is 4.68 Å². The quantitative estimate of drug-likeness (QED) is 0.672. The van der Waals surface area contributed by atoms with E-state index in [1.807, 2.05) is 27.0 Å². The van der Waals surface area contributed by atoms with Crippen LogP contribution in [0, 0.1) is 0 Å². The molecular weight excluding hydrogens is 358 g/mol. The SMILES string of the molecule is CC(C)c1nn(CC=O)c(=O)c2ccc(C(C)(C)O)cc12.CNC1CC(O)C1. The van der Waals surface area contributed by atoms with Crippen LogP contribution >= 0.6 is 0 Å². The second kappa shape index (κ2) is 8.94. The Morgan fingerprint density at radius 3 is 2.39 bits per heavy atom. The van der Waals surface area contributed by atoms with Crippen LogP contribution < -0.4 is 10.9 Å². The lowest BCUT2D eigenvalue weighted by Crippen LogP contribution is -2.42. The van der Waals surface area contributed by atoms with E-state index in [4.69, 9.17) is 5.11 Å². The predicted molar refractivity (Wildman–Crippen MR) is 109 cm³/mol. The number of aliphatic hydroxyl groups excluding tert-OH is 1. The number of carbonyl (C=O) groups excluding carboxylic acids is 1. The van der Waals surface area contributed by atoms with Crippen LogP contribution in [-0.4, -0.2) is 45.5 Å². The van der Waals surface area contributed by atoms with Crippen molar-refractivity contribution < 1.29 is 15.0 Å². The smallest absolute Gasteiger partial charge is 0.275 e. The second-order valence-electron chi connectivity index (χ2n) is 8.12. The molecule has 7 heteroatoms. The Hall–Kier alpha value is -2.09. The molecule has 1 aliphatic rings. The van der Waals surface area contributed by atoms with Crippen molar-refractivity contribution in [2.45, 2.75) is 70.7 Å². The summed E-state index contributed by atoms with van der Waals surface area (Å²) >= 11 is 0. The summed E-state index contributed by atoms with van der Waals surface area (Å²) in [5, 5.41) is 27.5. The Morgan fingerprint density at radius 1 is 1.32 bits per heavy atom. The van der Waals surface area contributed by atoms with Gasteiger partial charge < -0.3 is 20.3 Å². The van der Waals surface area contributed by atoms with Gasteiger partial charge in [-0.3, -0.25) is 4.79 Å². The van der Waals surface area contributed by atoms with E-state index in [-0.39, 0.29) is 24.1 Å². The molecule has 1 aromatic heterocycles. The van der Waals surface area contributed by atoms with Gasteiger partial charge >= 0.3 is 0 Å². The predicted octanol–water partition coefficient (Wildman–Crippen LogP) is 1.68. The number of nitrogens with one attached hydrogen (secondary N) is 1. The number of benzene rings is 1. The number of nitrogens with zero attached hydrogens (tertiary/aromatic N) is 2. The summed E-state index contributed by atoms with van der Waals surface area (Å²) in [5.41, 5.74) is 0.202. The maximum Gasteiger partial charge on any atom is 0.275 e. The summed E-state index contributed by atoms with van der Waals surface area (Å²) in [6.45, 7) is 7.30. The summed E-state index contributed by atoms with van der Waals surface area (Å²) in [5.74, 6) is 0.100.